The van der Waals surface area contributed by atoms with Gasteiger partial charge in [-0.2, -0.15) is 0 Å². The molecule has 0 bridgehead atoms. The number of aromatic nitrogens is 1. The summed E-state index contributed by atoms with van der Waals surface area (Å²) >= 11 is 0. The van der Waals surface area contributed by atoms with Crippen molar-refractivity contribution in [1.82, 2.24) is 9.88 Å². The number of anilines is 1. The molecule has 152 valence electrons. The van der Waals surface area contributed by atoms with Crippen LogP contribution >= 0.6 is 0 Å². The van der Waals surface area contributed by atoms with E-state index in [1.54, 1.807) is 14.1 Å². The van der Waals surface area contributed by atoms with Crippen molar-refractivity contribution in [3.8, 4) is 5.75 Å². The van der Waals surface area contributed by atoms with E-state index in [9.17, 15) is 9.59 Å². The Morgan fingerprint density at radius 3 is 2.59 bits per heavy atom. The van der Waals surface area contributed by atoms with Gasteiger partial charge in [-0.1, -0.05) is 24.3 Å². The molecule has 0 spiro atoms. The first kappa shape index (κ1) is 20.5. The van der Waals surface area contributed by atoms with Gasteiger partial charge < -0.3 is 19.9 Å². The van der Waals surface area contributed by atoms with Gasteiger partial charge in [-0.05, 0) is 44.5 Å². The molecule has 1 atom stereocenters. The number of ketones is 1. The Balaban J connectivity index is 1.83. The second-order valence-electron chi connectivity index (χ2n) is 7.48. The predicted molar refractivity (Wildman–Crippen MR) is 116 cm³/mol. The van der Waals surface area contributed by atoms with Crippen LogP contribution in [-0.2, 0) is 4.79 Å². The largest absolute Gasteiger partial charge is 0.482 e. The third kappa shape index (κ3) is 4.42. The van der Waals surface area contributed by atoms with Crippen molar-refractivity contribution in [2.45, 2.75) is 26.8 Å². The van der Waals surface area contributed by atoms with Crippen molar-refractivity contribution in [2.75, 3.05) is 26.0 Å². The van der Waals surface area contributed by atoms with Crippen molar-refractivity contribution in [2.24, 2.45) is 0 Å². The lowest BCUT2D eigenvalue weighted by molar-refractivity contribution is -0.130. The molecule has 0 saturated carbocycles. The number of carbonyl (C=O) groups is 2. The van der Waals surface area contributed by atoms with Crippen LogP contribution in [-0.4, -0.2) is 48.3 Å². The van der Waals surface area contributed by atoms with Gasteiger partial charge in [0, 0.05) is 36.3 Å². The highest BCUT2D eigenvalue weighted by Crippen LogP contribution is 2.28. The molecule has 0 aliphatic rings. The van der Waals surface area contributed by atoms with Crippen molar-refractivity contribution in [3.63, 3.8) is 0 Å². The highest BCUT2D eigenvalue weighted by atomic mass is 16.5. The van der Waals surface area contributed by atoms with Gasteiger partial charge in [0.1, 0.15) is 5.75 Å². The molecule has 1 unspecified atom stereocenters. The molecule has 0 aliphatic carbocycles. The molecule has 1 amide bonds. The first-order chi connectivity index (χ1) is 13.8. The summed E-state index contributed by atoms with van der Waals surface area (Å²) in [6.07, 6.45) is 0. The molecule has 3 aromatic rings. The molecule has 0 radical (unpaired) electrons. The molecule has 1 aromatic heterocycles. The Morgan fingerprint density at radius 2 is 1.86 bits per heavy atom. The SMILES string of the molecule is Cc1ccc(NC(C)C(=O)c2c(C)[nH]c3ccccc23)c(OCC(=O)N(C)C)c1. The summed E-state index contributed by atoms with van der Waals surface area (Å²) in [7, 11) is 3.37. The van der Waals surface area contributed by atoms with E-state index >= 15 is 0 Å². The fraction of sp³-hybridized carbons (Fsp3) is 0.304. The molecular weight excluding hydrogens is 366 g/mol. The van der Waals surface area contributed by atoms with Crippen molar-refractivity contribution >= 4 is 28.3 Å². The average Bonchev–Trinajstić information content (AvgIpc) is 3.02. The summed E-state index contributed by atoms with van der Waals surface area (Å²) in [6.45, 7) is 5.63. The molecule has 2 aromatic carbocycles. The summed E-state index contributed by atoms with van der Waals surface area (Å²) in [4.78, 5) is 29.8. The van der Waals surface area contributed by atoms with Crippen LogP contribution in [0.3, 0.4) is 0 Å². The first-order valence-electron chi connectivity index (χ1n) is 9.59. The number of H-pyrrole nitrogens is 1. The molecule has 6 heteroatoms. The molecule has 6 nitrogen and oxygen atoms in total. The molecule has 0 saturated heterocycles. The van der Waals surface area contributed by atoms with E-state index in [-0.39, 0.29) is 18.3 Å². The minimum absolute atomic E-state index is 0.00385. The number of nitrogens with one attached hydrogen (secondary N) is 2. The Labute approximate surface area is 170 Å². The number of benzene rings is 2. The van der Waals surface area contributed by atoms with Gasteiger partial charge in [0.25, 0.3) is 5.91 Å². The lowest BCUT2D eigenvalue weighted by atomic mass is 10.0. The van der Waals surface area contributed by atoms with Crippen molar-refractivity contribution in [3.05, 3.63) is 59.3 Å². The average molecular weight is 393 g/mol. The molecule has 1 heterocycles. The lowest BCUT2D eigenvalue weighted by Gasteiger charge is -2.19. The highest BCUT2D eigenvalue weighted by Gasteiger charge is 2.22. The van der Waals surface area contributed by atoms with Gasteiger partial charge in [0.15, 0.2) is 12.4 Å². The normalized spacial score (nSPS) is 11.9. The van der Waals surface area contributed by atoms with Gasteiger partial charge in [0.2, 0.25) is 0 Å². The molecular formula is C23H27N3O3. The van der Waals surface area contributed by atoms with E-state index in [1.165, 1.54) is 4.90 Å². The number of Topliss-reactive ketones (excluding diaryl/α,β-unsaturated/α-hetero) is 1. The fourth-order valence-electron chi connectivity index (χ4n) is 3.25. The maximum Gasteiger partial charge on any atom is 0.259 e. The Hall–Kier alpha value is -3.28. The third-order valence-corrected chi connectivity index (χ3v) is 4.89. The van der Waals surface area contributed by atoms with Crippen LogP contribution in [0.5, 0.6) is 5.75 Å². The fourth-order valence-corrected chi connectivity index (χ4v) is 3.25. The lowest BCUT2D eigenvalue weighted by Crippen LogP contribution is -2.29. The number of ether oxygens (including phenoxy) is 1. The topological polar surface area (TPSA) is 74.4 Å². The van der Waals surface area contributed by atoms with Gasteiger partial charge in [-0.15, -0.1) is 0 Å². The van der Waals surface area contributed by atoms with Gasteiger partial charge >= 0.3 is 0 Å². The number of aromatic amines is 1. The molecule has 3 rings (SSSR count). The van der Waals surface area contributed by atoms with Crippen LogP contribution in [0.2, 0.25) is 0 Å². The Kier molecular flexibility index (Phi) is 5.92. The number of para-hydroxylation sites is 1. The van der Waals surface area contributed by atoms with Gasteiger partial charge in [-0.25, -0.2) is 0 Å². The second-order valence-corrected chi connectivity index (χ2v) is 7.48. The van der Waals surface area contributed by atoms with E-state index < -0.39 is 6.04 Å². The summed E-state index contributed by atoms with van der Waals surface area (Å²) in [5.74, 6) is 0.419. The second kappa shape index (κ2) is 8.39. The molecule has 29 heavy (non-hydrogen) atoms. The monoisotopic (exact) mass is 393 g/mol. The number of carbonyl (C=O) groups excluding carboxylic acids is 2. The zero-order valence-corrected chi connectivity index (χ0v) is 17.5. The highest BCUT2D eigenvalue weighted by molar-refractivity contribution is 6.12. The summed E-state index contributed by atoms with van der Waals surface area (Å²) < 4.78 is 5.74. The van der Waals surface area contributed by atoms with Crippen molar-refractivity contribution in [1.29, 1.82) is 0 Å². The quantitative estimate of drug-likeness (QED) is 0.597. The number of likely N-dealkylation sites (N-methyl/N-ethyl adjacent to an activating group) is 1. The van der Waals surface area contributed by atoms with Gasteiger partial charge in [-0.3, -0.25) is 9.59 Å². The van der Waals surface area contributed by atoms with E-state index in [0.29, 0.717) is 17.0 Å². The molecule has 0 aliphatic heterocycles. The van der Waals surface area contributed by atoms with Crippen LogP contribution in [0.25, 0.3) is 10.9 Å². The van der Waals surface area contributed by atoms with E-state index in [4.69, 9.17) is 4.74 Å². The summed E-state index contributed by atoms with van der Waals surface area (Å²) in [5.41, 5.74) is 4.18. The van der Waals surface area contributed by atoms with Gasteiger partial charge in [0.05, 0.1) is 11.7 Å². The van der Waals surface area contributed by atoms with Crippen LogP contribution < -0.4 is 10.1 Å². The maximum absolute atomic E-state index is 13.2. The van der Waals surface area contributed by atoms with Crippen LogP contribution in [0.1, 0.15) is 28.5 Å². The number of nitrogens with zero attached hydrogens (tertiary/aromatic N) is 1. The summed E-state index contributed by atoms with van der Waals surface area (Å²) in [5, 5.41) is 4.17. The molecule has 0 fully saturated rings. The number of amides is 1. The zero-order valence-electron chi connectivity index (χ0n) is 17.5. The van der Waals surface area contributed by atoms with E-state index in [2.05, 4.69) is 10.3 Å². The Morgan fingerprint density at radius 1 is 1.14 bits per heavy atom. The number of hydrogen-bond donors (Lipinski definition) is 2. The minimum atomic E-state index is -0.470. The Bertz CT molecular complexity index is 1050. The predicted octanol–water partition coefficient (Wildman–Crippen LogP) is 3.94. The zero-order chi connectivity index (χ0) is 21.1. The van der Waals surface area contributed by atoms with Crippen LogP contribution in [0.15, 0.2) is 42.5 Å². The number of aryl methyl sites for hydroxylation is 2. The molecule has 2 N–H and O–H groups in total. The van der Waals surface area contributed by atoms with E-state index in [1.807, 2.05) is 63.2 Å². The smallest absolute Gasteiger partial charge is 0.259 e. The minimum Gasteiger partial charge on any atom is -0.482 e. The standard InChI is InChI=1S/C23H27N3O3/c1-14-10-11-19(20(12-14)29-13-21(27)26(4)5)25-16(3)23(28)22-15(2)24-18-9-7-6-8-17(18)22/h6-12,16,24-25H,13H2,1-5H3. The van der Waals surface area contributed by atoms with Crippen LogP contribution in [0.4, 0.5) is 5.69 Å². The number of hydrogen-bond acceptors (Lipinski definition) is 4. The van der Waals surface area contributed by atoms with E-state index in [0.717, 1.165) is 22.2 Å². The third-order valence-electron chi connectivity index (χ3n) is 4.89. The summed E-state index contributed by atoms with van der Waals surface area (Å²) in [6, 6.07) is 13.0. The number of rotatable bonds is 7. The van der Waals surface area contributed by atoms with Crippen molar-refractivity contribution < 1.29 is 14.3 Å². The maximum atomic E-state index is 13.2. The van der Waals surface area contributed by atoms with Crippen LogP contribution in [0, 0.1) is 13.8 Å². The first-order valence-corrected chi connectivity index (χ1v) is 9.59. The number of fused-ring (bicyclic) bond motifs is 1.